The van der Waals surface area contributed by atoms with E-state index in [0.29, 0.717) is 0 Å². The third-order valence-electron chi connectivity index (χ3n) is 2.61. The lowest BCUT2D eigenvalue weighted by atomic mass is 10.1. The molecule has 0 saturated heterocycles. The Balaban J connectivity index is 2.11. The monoisotopic (exact) mass is 260 g/mol. The van der Waals surface area contributed by atoms with Crippen molar-refractivity contribution >= 4 is 5.97 Å². The van der Waals surface area contributed by atoms with Gasteiger partial charge in [0.05, 0.1) is 0 Å². The van der Waals surface area contributed by atoms with E-state index in [4.69, 9.17) is 9.84 Å². The fraction of sp³-hybridized carbons (Fsp3) is 0.133. The highest BCUT2D eigenvalue weighted by Gasteiger charge is 2.20. The number of halogens is 1. The highest BCUT2D eigenvalue weighted by Crippen LogP contribution is 2.16. The SMILES string of the molecule is O=C(O)C(Cc1ccccc1)Oc1cccc(F)c1. The fourth-order valence-electron chi connectivity index (χ4n) is 1.71. The summed E-state index contributed by atoms with van der Waals surface area (Å²) in [5.74, 6) is -1.32. The van der Waals surface area contributed by atoms with Crippen LogP contribution in [0.3, 0.4) is 0 Å². The maximum Gasteiger partial charge on any atom is 0.345 e. The van der Waals surface area contributed by atoms with Crippen LogP contribution in [0, 0.1) is 5.82 Å². The Morgan fingerprint density at radius 2 is 1.89 bits per heavy atom. The average molecular weight is 260 g/mol. The lowest BCUT2D eigenvalue weighted by Crippen LogP contribution is -2.29. The second-order valence-corrected chi connectivity index (χ2v) is 4.09. The molecule has 0 aromatic heterocycles. The molecule has 98 valence electrons. The number of hydrogen-bond acceptors (Lipinski definition) is 2. The molecule has 1 unspecified atom stereocenters. The summed E-state index contributed by atoms with van der Waals surface area (Å²) in [5.41, 5.74) is 0.853. The summed E-state index contributed by atoms with van der Waals surface area (Å²) in [6.45, 7) is 0. The first kappa shape index (κ1) is 13.1. The lowest BCUT2D eigenvalue weighted by Gasteiger charge is -2.15. The molecule has 0 amide bonds. The molecule has 0 fully saturated rings. The van der Waals surface area contributed by atoms with Gasteiger partial charge in [0.1, 0.15) is 11.6 Å². The van der Waals surface area contributed by atoms with Gasteiger partial charge in [0.2, 0.25) is 0 Å². The van der Waals surface area contributed by atoms with Gasteiger partial charge in [0, 0.05) is 12.5 Å². The first-order chi connectivity index (χ1) is 9.15. The molecule has 1 atom stereocenters. The van der Waals surface area contributed by atoms with Crippen molar-refractivity contribution in [3.8, 4) is 5.75 Å². The van der Waals surface area contributed by atoms with E-state index in [2.05, 4.69) is 0 Å². The van der Waals surface area contributed by atoms with Crippen LogP contribution < -0.4 is 4.74 Å². The maximum atomic E-state index is 13.0. The molecule has 0 heterocycles. The van der Waals surface area contributed by atoms with E-state index in [1.54, 1.807) is 0 Å². The molecule has 0 radical (unpaired) electrons. The summed E-state index contributed by atoms with van der Waals surface area (Å²) in [6.07, 6.45) is -0.809. The summed E-state index contributed by atoms with van der Waals surface area (Å²) in [5, 5.41) is 9.15. The molecular weight excluding hydrogens is 247 g/mol. The molecule has 0 aliphatic carbocycles. The molecule has 0 aliphatic rings. The molecule has 2 aromatic rings. The third kappa shape index (κ3) is 3.81. The van der Waals surface area contributed by atoms with Gasteiger partial charge in [-0.1, -0.05) is 36.4 Å². The number of benzene rings is 2. The second kappa shape index (κ2) is 6.00. The van der Waals surface area contributed by atoms with Gasteiger partial charge in [-0.2, -0.15) is 0 Å². The highest BCUT2D eigenvalue weighted by atomic mass is 19.1. The summed E-state index contributed by atoms with van der Waals surface area (Å²) in [6, 6.07) is 14.6. The van der Waals surface area contributed by atoms with Crippen LogP contribution >= 0.6 is 0 Å². The molecule has 3 nitrogen and oxygen atoms in total. The van der Waals surface area contributed by atoms with E-state index in [1.165, 1.54) is 24.3 Å². The Kier molecular flexibility index (Phi) is 4.13. The summed E-state index contributed by atoms with van der Waals surface area (Å²) in [4.78, 5) is 11.2. The van der Waals surface area contributed by atoms with Crippen molar-refractivity contribution in [2.45, 2.75) is 12.5 Å². The number of ether oxygens (including phenoxy) is 1. The fourth-order valence-corrected chi connectivity index (χ4v) is 1.71. The minimum absolute atomic E-state index is 0.211. The van der Waals surface area contributed by atoms with Gasteiger partial charge in [-0.3, -0.25) is 0 Å². The van der Waals surface area contributed by atoms with Gasteiger partial charge >= 0.3 is 5.97 Å². The van der Waals surface area contributed by atoms with Gasteiger partial charge in [-0.15, -0.1) is 0 Å². The molecule has 2 aromatic carbocycles. The van der Waals surface area contributed by atoms with Crippen LogP contribution in [0.25, 0.3) is 0 Å². The van der Waals surface area contributed by atoms with Crippen LogP contribution in [0.2, 0.25) is 0 Å². The van der Waals surface area contributed by atoms with E-state index in [0.717, 1.165) is 5.56 Å². The van der Waals surface area contributed by atoms with Crippen LogP contribution in [-0.4, -0.2) is 17.2 Å². The van der Waals surface area contributed by atoms with Crippen LogP contribution in [0.4, 0.5) is 4.39 Å². The Morgan fingerprint density at radius 3 is 2.53 bits per heavy atom. The predicted molar refractivity (Wildman–Crippen MR) is 68.6 cm³/mol. The molecule has 0 aliphatic heterocycles. The van der Waals surface area contributed by atoms with E-state index < -0.39 is 17.9 Å². The van der Waals surface area contributed by atoms with Gasteiger partial charge in [0.25, 0.3) is 0 Å². The number of carbonyl (C=O) groups is 1. The Morgan fingerprint density at radius 1 is 1.16 bits per heavy atom. The summed E-state index contributed by atoms with van der Waals surface area (Å²) in [7, 11) is 0. The van der Waals surface area contributed by atoms with Crippen LogP contribution in [0.5, 0.6) is 5.75 Å². The van der Waals surface area contributed by atoms with Gasteiger partial charge in [-0.05, 0) is 17.7 Å². The third-order valence-corrected chi connectivity index (χ3v) is 2.61. The van der Waals surface area contributed by atoms with Crippen molar-refractivity contribution in [3.63, 3.8) is 0 Å². The standard InChI is InChI=1S/C15H13FO3/c16-12-7-4-8-13(10-12)19-14(15(17)18)9-11-5-2-1-3-6-11/h1-8,10,14H,9H2,(H,17,18). The number of rotatable bonds is 5. The molecule has 0 saturated carbocycles. The Bertz CT molecular complexity index is 554. The molecule has 1 N–H and O–H groups in total. The molecule has 2 rings (SSSR count). The molecule has 4 heteroatoms. The first-order valence-corrected chi connectivity index (χ1v) is 5.84. The van der Waals surface area contributed by atoms with Crippen molar-refractivity contribution in [2.24, 2.45) is 0 Å². The zero-order chi connectivity index (χ0) is 13.7. The minimum atomic E-state index is -1.08. The van der Waals surface area contributed by atoms with Crippen molar-refractivity contribution in [3.05, 3.63) is 66.0 Å². The Hall–Kier alpha value is -2.36. The number of aliphatic carboxylic acids is 1. The lowest BCUT2D eigenvalue weighted by molar-refractivity contribution is -0.145. The van der Waals surface area contributed by atoms with E-state index in [1.807, 2.05) is 30.3 Å². The zero-order valence-electron chi connectivity index (χ0n) is 10.1. The van der Waals surface area contributed by atoms with Crippen molar-refractivity contribution in [1.82, 2.24) is 0 Å². The topological polar surface area (TPSA) is 46.5 Å². The summed E-state index contributed by atoms with van der Waals surface area (Å²) >= 11 is 0. The second-order valence-electron chi connectivity index (χ2n) is 4.09. The quantitative estimate of drug-likeness (QED) is 0.899. The van der Waals surface area contributed by atoms with Crippen LogP contribution in [-0.2, 0) is 11.2 Å². The Labute approximate surface area is 110 Å². The number of carboxylic acid groups (broad SMARTS) is 1. The molecule has 19 heavy (non-hydrogen) atoms. The highest BCUT2D eigenvalue weighted by molar-refractivity contribution is 5.73. The smallest absolute Gasteiger partial charge is 0.345 e. The van der Waals surface area contributed by atoms with Gasteiger partial charge in [-0.25, -0.2) is 9.18 Å². The van der Waals surface area contributed by atoms with Crippen molar-refractivity contribution in [1.29, 1.82) is 0 Å². The molecule has 0 spiro atoms. The molecular formula is C15H13FO3. The van der Waals surface area contributed by atoms with Crippen molar-refractivity contribution < 1.29 is 19.0 Å². The average Bonchev–Trinajstić information content (AvgIpc) is 2.39. The zero-order valence-corrected chi connectivity index (χ0v) is 10.1. The minimum Gasteiger partial charge on any atom is -0.478 e. The summed E-state index contributed by atoms with van der Waals surface area (Å²) < 4.78 is 18.3. The van der Waals surface area contributed by atoms with Crippen LogP contribution in [0.1, 0.15) is 5.56 Å². The van der Waals surface area contributed by atoms with Gasteiger partial charge < -0.3 is 9.84 Å². The maximum absolute atomic E-state index is 13.0. The number of carboxylic acids is 1. The van der Waals surface area contributed by atoms with E-state index in [-0.39, 0.29) is 12.2 Å². The molecule has 0 bridgehead atoms. The predicted octanol–water partition coefficient (Wildman–Crippen LogP) is 2.90. The number of hydrogen-bond donors (Lipinski definition) is 1. The van der Waals surface area contributed by atoms with E-state index >= 15 is 0 Å². The van der Waals surface area contributed by atoms with Crippen LogP contribution in [0.15, 0.2) is 54.6 Å². The first-order valence-electron chi connectivity index (χ1n) is 5.84. The largest absolute Gasteiger partial charge is 0.478 e. The van der Waals surface area contributed by atoms with Gasteiger partial charge in [0.15, 0.2) is 6.10 Å². The van der Waals surface area contributed by atoms with Crippen molar-refractivity contribution in [2.75, 3.05) is 0 Å². The van der Waals surface area contributed by atoms with E-state index in [9.17, 15) is 9.18 Å². The normalized spacial score (nSPS) is 11.8.